The van der Waals surface area contributed by atoms with Gasteiger partial charge in [0.15, 0.2) is 5.75 Å². The van der Waals surface area contributed by atoms with Crippen molar-refractivity contribution in [1.29, 1.82) is 1.34 Å². The van der Waals surface area contributed by atoms with Gasteiger partial charge in [0.25, 0.3) is 20.4 Å². The second-order valence-corrected chi connectivity index (χ2v) is 21.8. The number of H-pyrrole nitrogens is 2. The van der Waals surface area contributed by atoms with Gasteiger partial charge in [0.1, 0.15) is 51.5 Å². The first-order valence-corrected chi connectivity index (χ1v) is 29.6. The molecule has 14 rings (SSSR count). The molecule has 4 aromatic carbocycles. The van der Waals surface area contributed by atoms with Crippen LogP contribution in [0.15, 0.2) is 94.2 Å². The van der Waals surface area contributed by atoms with E-state index in [1.54, 1.807) is 32.7 Å². The number of aromatic nitrogens is 10. The van der Waals surface area contributed by atoms with E-state index in [4.69, 9.17) is 49.6 Å². The first-order valence-electron chi connectivity index (χ1n) is 30.2. The maximum atomic E-state index is 13.6. The second kappa shape index (κ2) is 29.3. The summed E-state index contributed by atoms with van der Waals surface area (Å²) in [7, 11) is 7.83. The predicted molar refractivity (Wildman–Crippen MR) is 362 cm³/mol. The van der Waals surface area contributed by atoms with Crippen LogP contribution >= 0.6 is 0 Å². The molecular weight excluding hydrogens is 1150 g/mol. The van der Waals surface area contributed by atoms with Gasteiger partial charge in [0.2, 0.25) is 0 Å². The second-order valence-electron chi connectivity index (χ2n) is 21.8. The largest absolute Gasteiger partial charge is 0.496 e. The number of rotatable bonds is 9. The number of likely N-dealkylation sites (tertiary alicyclic amines) is 1. The van der Waals surface area contributed by atoms with Gasteiger partial charge in [-0.15, -0.1) is 0 Å². The van der Waals surface area contributed by atoms with E-state index < -0.39 is 0 Å². The van der Waals surface area contributed by atoms with Gasteiger partial charge in [-0.25, -0.2) is 19.9 Å². The Morgan fingerprint density at radius 2 is 1.07 bits per heavy atom. The van der Waals surface area contributed by atoms with Crippen LogP contribution in [0.4, 0.5) is 0 Å². The quantitative estimate of drug-likeness (QED) is 0.0897. The minimum absolute atomic E-state index is 0. The number of fused-ring (bicyclic) bond motifs is 8. The fourth-order valence-corrected chi connectivity index (χ4v) is 12.0. The van der Waals surface area contributed by atoms with Crippen molar-refractivity contribution >= 4 is 86.1 Å². The zero-order valence-electron chi connectivity index (χ0n) is 53.3. The molecule has 2 aliphatic rings. The highest BCUT2D eigenvalue weighted by atomic mass is 16.5. The van der Waals surface area contributed by atoms with Crippen molar-refractivity contribution in [2.75, 3.05) is 67.6 Å². The number of aryl methyl sites for hydroxylation is 6. The highest BCUT2D eigenvalue weighted by molar-refractivity contribution is 6.18. The summed E-state index contributed by atoms with van der Waals surface area (Å²) in [6, 6.07) is 23.3. The molecule has 1 amide bonds. The number of amides is 1. The molecule has 1 radical (unpaired) electrons. The number of likely N-dealkylation sites (N-methyl/N-ethyl adjacent to an activating group) is 1. The summed E-state index contributed by atoms with van der Waals surface area (Å²) in [5, 5.41) is 20.6. The molecule has 2 aliphatic heterocycles. The Labute approximate surface area is 532 Å². The van der Waals surface area contributed by atoms with E-state index in [1.807, 2.05) is 121 Å². The van der Waals surface area contributed by atoms with E-state index in [1.165, 1.54) is 32.4 Å². The third-order valence-corrected chi connectivity index (χ3v) is 16.2. The van der Waals surface area contributed by atoms with E-state index in [9.17, 15) is 9.59 Å². The van der Waals surface area contributed by atoms with Crippen molar-refractivity contribution in [2.45, 2.75) is 89.5 Å². The Morgan fingerprint density at radius 1 is 0.604 bits per heavy atom. The minimum atomic E-state index is 0. The Kier molecular flexibility index (Phi) is 21.2. The number of nitrogens with zero attached hydrogens (tertiary/aromatic N) is 11. The number of pyridine rings is 2. The smallest absolute Gasteiger partial charge is 0.298 e. The lowest BCUT2D eigenvalue weighted by atomic mass is 9.97. The van der Waals surface area contributed by atoms with Crippen LogP contribution in [0.5, 0.6) is 17.2 Å². The number of nitrogens with one attached hydrogen (secondary N) is 2. The van der Waals surface area contributed by atoms with Crippen LogP contribution in [0.2, 0.25) is 0 Å². The van der Waals surface area contributed by atoms with Crippen LogP contribution in [0, 0.1) is 41.5 Å². The van der Waals surface area contributed by atoms with Gasteiger partial charge in [0, 0.05) is 94.7 Å². The van der Waals surface area contributed by atoms with Crippen LogP contribution in [0.3, 0.4) is 0 Å². The lowest BCUT2D eigenvalue weighted by Gasteiger charge is -2.32. The van der Waals surface area contributed by atoms with Gasteiger partial charge in [-0.1, -0.05) is 63.6 Å². The van der Waals surface area contributed by atoms with Crippen LogP contribution in [-0.2, 0) is 4.79 Å². The van der Waals surface area contributed by atoms with Gasteiger partial charge < -0.3 is 52.9 Å². The number of piperazine rings is 1. The first kappa shape index (κ1) is 65.8. The molecule has 91 heavy (non-hydrogen) atoms. The SMILES string of the molecule is C.C.CC.CN1CCCCC1.COc1cc2c(cc1-c1c(C)noc1C)[nH]c1nc(C)nc(-c3ccc(C(=O)N4CCN(C)CC4)c4ncccc34)c12.COc1cc2c(cc1-c1c(C)noc1C)[nH]c1nc(C)nc(-c3ccc(OC=O)c4ncccc34)c12.[3H][B]O. The number of carbonyl (C=O) groups is 2. The van der Waals surface area contributed by atoms with E-state index in [0.717, 1.165) is 124 Å². The average molecular weight is 1230 g/mol. The summed E-state index contributed by atoms with van der Waals surface area (Å²) in [5.41, 5.74) is 13.5. The number of benzene rings is 4. The maximum Gasteiger partial charge on any atom is 0.298 e. The number of carbonyl (C=O) groups excluding carboxylic acids is 2. The zero-order valence-corrected chi connectivity index (χ0v) is 52.3. The number of piperidine rings is 1. The van der Waals surface area contributed by atoms with Crippen LogP contribution < -0.4 is 14.2 Å². The number of methoxy groups -OCH3 is 2. The number of ether oxygens (including phenoxy) is 3. The van der Waals surface area contributed by atoms with Gasteiger partial charge in [-0.3, -0.25) is 19.6 Å². The number of hydrogen-bond donors (Lipinski definition) is 3. The van der Waals surface area contributed by atoms with Crippen molar-refractivity contribution in [2.24, 2.45) is 0 Å². The standard InChI is InChI=1S/C32H31N7O3.C27H21N5O4.C6H13N.C2H6.2CH4.BH2O/c1-17-27(18(2)42-37-17)24-15-25-23(16-26(24)41-5)28-30(34-19(3)35-31(28)36-25)21-8-9-22(29-20(21)7-6-10-33-29)32(40)39-13-11-38(4)12-14-39;1-13-23(14(2)36-32-13)19-10-20-18(11-22(19)34-4)24-26(29-15(3)30-27(24)31-20)17-7-8-21(35-12-33)25-16(17)6-5-9-28-25;1-7-5-3-2-4-6-7;1-2;;;1-2/h6-10,15-16H,11-14H2,1-5H3,(H,34,35,36);5-12H,1-4H3,(H,29,30,31);2-6H2,1H3;1-2H3;2*1H4;1-2H/i;;;;;;1T. The van der Waals surface area contributed by atoms with Gasteiger partial charge in [-0.2, -0.15) is 0 Å². The van der Waals surface area contributed by atoms with Gasteiger partial charge in [0.05, 0.1) is 70.0 Å². The zero-order chi connectivity index (χ0) is 63.9. The maximum absolute atomic E-state index is 13.6. The molecule has 2 saturated heterocycles. The fourth-order valence-electron chi connectivity index (χ4n) is 12.0. The lowest BCUT2D eigenvalue weighted by molar-refractivity contribution is -0.120. The summed E-state index contributed by atoms with van der Waals surface area (Å²) >= 11 is 0. The summed E-state index contributed by atoms with van der Waals surface area (Å²) in [5.74, 6) is 4.47. The van der Waals surface area contributed by atoms with Crippen molar-refractivity contribution in [3.8, 4) is 62.0 Å². The molecular formula is C69H81BN13O8. The molecule has 8 aromatic heterocycles. The molecule has 0 aliphatic carbocycles. The average Bonchev–Trinajstić information content (AvgIpc) is 1.51. The van der Waals surface area contributed by atoms with Crippen molar-refractivity contribution < 1.29 is 37.9 Å². The monoisotopic (exact) mass is 1230 g/mol. The van der Waals surface area contributed by atoms with Crippen LogP contribution in [0.25, 0.3) is 110 Å². The molecule has 21 nitrogen and oxygen atoms in total. The van der Waals surface area contributed by atoms with Crippen LogP contribution in [-0.4, -0.2) is 159 Å². The van der Waals surface area contributed by atoms with E-state index >= 15 is 0 Å². The fraction of sp³-hybridized carbons (Fsp3) is 0.333. The Morgan fingerprint density at radius 3 is 1.51 bits per heavy atom. The highest BCUT2D eigenvalue weighted by Gasteiger charge is 2.27. The van der Waals surface area contributed by atoms with Crippen molar-refractivity contribution in [1.82, 2.24) is 64.9 Å². The third-order valence-electron chi connectivity index (χ3n) is 16.2. The van der Waals surface area contributed by atoms with E-state index in [0.29, 0.717) is 76.5 Å². The molecule has 0 bridgehead atoms. The third kappa shape index (κ3) is 13.2. The normalized spacial score (nSPS) is 13.3. The molecule has 0 spiro atoms. The van der Waals surface area contributed by atoms with Crippen molar-refractivity contribution in [3.05, 3.63) is 125 Å². The Hall–Kier alpha value is -9.64. The van der Waals surface area contributed by atoms with Crippen LogP contribution in [0.1, 0.15) is 92.9 Å². The molecule has 3 N–H and O–H groups in total. The first-order chi connectivity index (χ1) is 43.6. The molecule has 12 aromatic rings. The summed E-state index contributed by atoms with van der Waals surface area (Å²) < 4.78 is 33.3. The molecule has 0 unspecified atom stereocenters. The number of hydrogen-bond acceptors (Lipinski definition) is 18. The molecule has 473 valence electrons. The van der Waals surface area contributed by atoms with E-state index in [2.05, 4.69) is 60.2 Å². The number of aromatic amines is 2. The molecule has 22 heteroatoms. The summed E-state index contributed by atoms with van der Waals surface area (Å²) in [6.45, 7) is 21.5. The predicted octanol–water partition coefficient (Wildman–Crippen LogP) is 12.9. The van der Waals surface area contributed by atoms with Gasteiger partial charge >= 0.3 is 0 Å². The topological polar surface area (TPSA) is 253 Å². The lowest BCUT2D eigenvalue weighted by Crippen LogP contribution is -2.47. The molecule has 0 atom stereocenters. The summed E-state index contributed by atoms with van der Waals surface area (Å²) in [4.78, 5) is 66.5. The Balaban J connectivity index is 0.000000199. The Bertz CT molecular complexity index is 4550. The summed E-state index contributed by atoms with van der Waals surface area (Å²) in [6.07, 6.45) is 7.68. The molecule has 2 fully saturated rings. The minimum Gasteiger partial charge on any atom is -0.496 e. The molecule has 10 heterocycles. The van der Waals surface area contributed by atoms with Gasteiger partial charge in [-0.05, 0) is 136 Å². The highest BCUT2D eigenvalue weighted by Crippen LogP contribution is 2.45. The van der Waals surface area contributed by atoms with E-state index in [-0.39, 0.29) is 28.8 Å². The molecule has 0 saturated carbocycles. The van der Waals surface area contributed by atoms with Crippen molar-refractivity contribution in [3.63, 3.8) is 0 Å².